The van der Waals surface area contributed by atoms with Gasteiger partial charge in [0.25, 0.3) is 0 Å². The minimum Gasteiger partial charge on any atom is -0.326 e. The van der Waals surface area contributed by atoms with Crippen molar-refractivity contribution in [2.75, 3.05) is 6.54 Å². The van der Waals surface area contributed by atoms with Gasteiger partial charge < -0.3 is 5.73 Å². The first-order chi connectivity index (χ1) is 9.84. The van der Waals surface area contributed by atoms with Crippen LogP contribution < -0.4 is 5.73 Å². The van der Waals surface area contributed by atoms with Crippen molar-refractivity contribution in [2.45, 2.75) is 31.5 Å². The van der Waals surface area contributed by atoms with E-state index in [4.69, 9.17) is 5.73 Å². The Hall–Kier alpha value is -1.64. The maximum atomic E-state index is 6.41. The fourth-order valence-electron chi connectivity index (χ4n) is 3.20. The molecule has 0 radical (unpaired) electrons. The number of hydrogen-bond acceptors (Lipinski definition) is 2. The van der Waals surface area contributed by atoms with E-state index in [0.29, 0.717) is 6.04 Å². The molecule has 0 aliphatic carbocycles. The highest BCUT2D eigenvalue weighted by molar-refractivity contribution is 5.22. The zero-order valence-corrected chi connectivity index (χ0v) is 11.8. The lowest BCUT2D eigenvalue weighted by Crippen LogP contribution is -2.45. The molecule has 3 rings (SSSR count). The Bertz CT molecular complexity index is 524. The van der Waals surface area contributed by atoms with Crippen LogP contribution in [0.1, 0.15) is 30.0 Å². The van der Waals surface area contributed by atoms with Gasteiger partial charge >= 0.3 is 0 Å². The Morgan fingerprint density at radius 2 is 1.60 bits per heavy atom. The Labute approximate surface area is 121 Å². The third kappa shape index (κ3) is 2.92. The highest BCUT2D eigenvalue weighted by atomic mass is 15.2. The number of nitrogens with two attached hydrogens (primary N) is 1. The maximum Gasteiger partial charge on any atom is 0.0502 e. The van der Waals surface area contributed by atoms with Crippen LogP contribution in [0.15, 0.2) is 60.7 Å². The first kappa shape index (κ1) is 13.3. The van der Waals surface area contributed by atoms with Gasteiger partial charge in [-0.25, -0.2) is 0 Å². The first-order valence-corrected chi connectivity index (χ1v) is 7.43. The van der Waals surface area contributed by atoms with E-state index in [0.717, 1.165) is 19.5 Å². The van der Waals surface area contributed by atoms with Crippen LogP contribution in [0, 0.1) is 0 Å². The van der Waals surface area contributed by atoms with Gasteiger partial charge in [-0.15, -0.1) is 0 Å². The molecule has 1 aliphatic rings. The third-order valence-electron chi connectivity index (χ3n) is 4.15. The van der Waals surface area contributed by atoms with Gasteiger partial charge in [0.05, 0.1) is 6.04 Å². The van der Waals surface area contributed by atoms with Crippen LogP contribution in [0.4, 0.5) is 0 Å². The van der Waals surface area contributed by atoms with E-state index in [1.165, 1.54) is 17.5 Å². The van der Waals surface area contributed by atoms with Crippen LogP contribution in [0.3, 0.4) is 0 Å². The number of hydrogen-bond donors (Lipinski definition) is 1. The minimum absolute atomic E-state index is 0.231. The van der Waals surface area contributed by atoms with Crippen LogP contribution in [-0.2, 0) is 6.54 Å². The number of nitrogens with zero attached hydrogens (tertiary/aromatic N) is 1. The highest BCUT2D eigenvalue weighted by Gasteiger charge is 2.29. The van der Waals surface area contributed by atoms with Gasteiger partial charge in [-0.1, -0.05) is 60.7 Å². The van der Waals surface area contributed by atoms with Gasteiger partial charge in [0, 0.05) is 12.6 Å². The van der Waals surface area contributed by atoms with E-state index >= 15 is 0 Å². The number of benzene rings is 2. The lowest BCUT2D eigenvalue weighted by Gasteiger charge is -2.40. The number of rotatable bonds is 3. The fraction of sp³-hybridized carbons (Fsp3) is 0.333. The van der Waals surface area contributed by atoms with Crippen LogP contribution in [-0.4, -0.2) is 17.5 Å². The van der Waals surface area contributed by atoms with Crippen molar-refractivity contribution in [3.63, 3.8) is 0 Å². The molecule has 2 atom stereocenters. The van der Waals surface area contributed by atoms with Gasteiger partial charge in [0.2, 0.25) is 0 Å². The second kappa shape index (κ2) is 6.21. The van der Waals surface area contributed by atoms with Crippen LogP contribution in [0.25, 0.3) is 0 Å². The summed E-state index contributed by atoms with van der Waals surface area (Å²) in [5, 5.41) is 0. The third-order valence-corrected chi connectivity index (χ3v) is 4.15. The molecule has 1 aliphatic heterocycles. The molecule has 1 fully saturated rings. The van der Waals surface area contributed by atoms with E-state index in [1.807, 2.05) is 0 Å². The smallest absolute Gasteiger partial charge is 0.0502 e. The molecular weight excluding hydrogens is 244 g/mol. The zero-order valence-electron chi connectivity index (χ0n) is 11.8. The Morgan fingerprint density at radius 1 is 0.950 bits per heavy atom. The number of likely N-dealkylation sites (tertiary alicyclic amines) is 1. The van der Waals surface area contributed by atoms with Crippen molar-refractivity contribution in [1.29, 1.82) is 0 Å². The quantitative estimate of drug-likeness (QED) is 0.923. The summed E-state index contributed by atoms with van der Waals surface area (Å²) < 4.78 is 0. The summed E-state index contributed by atoms with van der Waals surface area (Å²) in [6.45, 7) is 2.11. The predicted molar refractivity (Wildman–Crippen MR) is 83.2 cm³/mol. The average Bonchev–Trinajstić information content (AvgIpc) is 2.49. The maximum absolute atomic E-state index is 6.41. The van der Waals surface area contributed by atoms with Gasteiger partial charge in [-0.05, 0) is 30.5 Å². The van der Waals surface area contributed by atoms with Gasteiger partial charge in [0.15, 0.2) is 0 Å². The SMILES string of the molecule is N[C@H]1CCCN(Cc2ccccc2)[C@@H]1c1ccccc1. The van der Waals surface area contributed by atoms with E-state index in [9.17, 15) is 0 Å². The summed E-state index contributed by atoms with van der Waals surface area (Å²) in [6.07, 6.45) is 2.31. The summed E-state index contributed by atoms with van der Waals surface area (Å²) in [6, 6.07) is 21.9. The summed E-state index contributed by atoms with van der Waals surface area (Å²) in [5.74, 6) is 0. The van der Waals surface area contributed by atoms with E-state index in [2.05, 4.69) is 65.6 Å². The molecule has 0 saturated carbocycles. The Balaban J connectivity index is 1.83. The normalized spacial score (nSPS) is 23.6. The monoisotopic (exact) mass is 266 g/mol. The second-order valence-electron chi connectivity index (χ2n) is 5.62. The molecule has 2 aromatic rings. The second-order valence-corrected chi connectivity index (χ2v) is 5.62. The van der Waals surface area contributed by atoms with Crippen molar-refractivity contribution in [3.8, 4) is 0 Å². The van der Waals surface area contributed by atoms with Crippen LogP contribution >= 0.6 is 0 Å². The van der Waals surface area contributed by atoms with Crippen LogP contribution in [0.2, 0.25) is 0 Å². The molecule has 0 unspecified atom stereocenters. The Morgan fingerprint density at radius 3 is 2.30 bits per heavy atom. The zero-order chi connectivity index (χ0) is 13.8. The molecule has 0 bridgehead atoms. The lowest BCUT2D eigenvalue weighted by atomic mass is 9.90. The molecule has 2 N–H and O–H groups in total. The fourth-order valence-corrected chi connectivity index (χ4v) is 3.20. The van der Waals surface area contributed by atoms with E-state index in [1.54, 1.807) is 0 Å². The minimum atomic E-state index is 0.231. The van der Waals surface area contributed by atoms with Gasteiger partial charge in [-0.2, -0.15) is 0 Å². The molecule has 1 heterocycles. The van der Waals surface area contributed by atoms with E-state index in [-0.39, 0.29) is 6.04 Å². The molecule has 1 saturated heterocycles. The number of piperidine rings is 1. The molecule has 0 amide bonds. The lowest BCUT2D eigenvalue weighted by molar-refractivity contribution is 0.120. The van der Waals surface area contributed by atoms with Crippen molar-refractivity contribution < 1.29 is 0 Å². The van der Waals surface area contributed by atoms with Crippen molar-refractivity contribution in [2.24, 2.45) is 5.73 Å². The molecule has 20 heavy (non-hydrogen) atoms. The summed E-state index contributed by atoms with van der Waals surface area (Å²) in [5.41, 5.74) is 9.12. The predicted octanol–water partition coefficient (Wildman–Crippen LogP) is 3.35. The van der Waals surface area contributed by atoms with Crippen molar-refractivity contribution in [3.05, 3.63) is 71.8 Å². The molecule has 2 aromatic carbocycles. The standard InChI is InChI=1S/C18H22N2/c19-17-12-7-13-20(14-15-8-3-1-4-9-15)18(17)16-10-5-2-6-11-16/h1-6,8-11,17-18H,7,12-14,19H2/t17-,18+/m0/s1. The summed E-state index contributed by atoms with van der Waals surface area (Å²) in [7, 11) is 0. The van der Waals surface area contributed by atoms with E-state index < -0.39 is 0 Å². The molecular formula is C18H22N2. The van der Waals surface area contributed by atoms with Gasteiger partial charge in [0.1, 0.15) is 0 Å². The van der Waals surface area contributed by atoms with Crippen LogP contribution in [0.5, 0.6) is 0 Å². The van der Waals surface area contributed by atoms with Gasteiger partial charge in [-0.3, -0.25) is 4.90 Å². The average molecular weight is 266 g/mol. The Kier molecular flexibility index (Phi) is 4.14. The van der Waals surface area contributed by atoms with Crippen molar-refractivity contribution in [1.82, 2.24) is 4.90 Å². The first-order valence-electron chi connectivity index (χ1n) is 7.43. The van der Waals surface area contributed by atoms with Crippen molar-refractivity contribution >= 4 is 0 Å². The molecule has 104 valence electrons. The topological polar surface area (TPSA) is 29.3 Å². The summed E-state index contributed by atoms with van der Waals surface area (Å²) >= 11 is 0. The molecule has 0 spiro atoms. The largest absolute Gasteiger partial charge is 0.326 e. The molecule has 2 heteroatoms. The summed E-state index contributed by atoms with van der Waals surface area (Å²) in [4.78, 5) is 2.53. The molecule has 0 aromatic heterocycles. The highest BCUT2D eigenvalue weighted by Crippen LogP contribution is 2.31. The molecule has 2 nitrogen and oxygen atoms in total.